The number of cyclic esters (lactones) is 1. The van der Waals surface area contributed by atoms with E-state index in [0.717, 1.165) is 51.4 Å². The smallest absolute Gasteiger partial charge is 0.309 e. The molecule has 0 saturated carbocycles. The molecule has 0 aliphatic carbocycles. The van der Waals surface area contributed by atoms with Gasteiger partial charge in [0.05, 0.1) is 30.8 Å². The van der Waals surface area contributed by atoms with E-state index in [0.29, 0.717) is 6.10 Å². The van der Waals surface area contributed by atoms with E-state index >= 15 is 0 Å². The molecule has 0 radical (unpaired) electrons. The van der Waals surface area contributed by atoms with Crippen LogP contribution in [0.1, 0.15) is 91.9 Å². The largest absolute Gasteiger partial charge is 0.457 e. The van der Waals surface area contributed by atoms with Gasteiger partial charge < -0.3 is 14.2 Å². The van der Waals surface area contributed by atoms with E-state index < -0.39 is 0 Å². The molecule has 4 heteroatoms. The molecule has 6 unspecified atom stereocenters. The minimum absolute atomic E-state index is 0.0931. The van der Waals surface area contributed by atoms with Gasteiger partial charge >= 0.3 is 5.97 Å². The second kappa shape index (κ2) is 14.6. The summed E-state index contributed by atoms with van der Waals surface area (Å²) in [7, 11) is 0. The highest BCUT2D eigenvalue weighted by molar-refractivity contribution is 5.70. The lowest BCUT2D eigenvalue weighted by atomic mass is 9.91. The Bertz CT molecular complexity index is 818. The molecule has 2 saturated heterocycles. The summed E-state index contributed by atoms with van der Waals surface area (Å²) < 4.78 is 18.9. The number of allylic oxidation sites excluding steroid dienone is 7. The van der Waals surface area contributed by atoms with Crippen LogP contribution >= 0.6 is 0 Å². The predicted molar refractivity (Wildman–Crippen MR) is 143 cm³/mol. The Kier molecular flexibility index (Phi) is 11.5. The van der Waals surface area contributed by atoms with Crippen LogP contribution in [0.25, 0.3) is 0 Å². The number of esters is 1. The van der Waals surface area contributed by atoms with Gasteiger partial charge in [0.15, 0.2) is 0 Å². The highest BCUT2D eigenvalue weighted by atomic mass is 16.5. The van der Waals surface area contributed by atoms with Crippen molar-refractivity contribution in [2.75, 3.05) is 0 Å². The van der Waals surface area contributed by atoms with Gasteiger partial charge in [-0.2, -0.15) is 0 Å². The average molecular weight is 483 g/mol. The van der Waals surface area contributed by atoms with E-state index in [1.807, 2.05) is 24.3 Å². The first kappa shape index (κ1) is 27.7. The molecule has 3 heterocycles. The van der Waals surface area contributed by atoms with Crippen LogP contribution in [0, 0.1) is 5.92 Å². The molecule has 2 fully saturated rings. The van der Waals surface area contributed by atoms with Gasteiger partial charge in [-0.15, -0.1) is 0 Å². The molecule has 0 N–H and O–H groups in total. The van der Waals surface area contributed by atoms with Crippen LogP contribution in [0.5, 0.6) is 0 Å². The molecule has 3 aliphatic rings. The van der Waals surface area contributed by atoms with E-state index in [-0.39, 0.29) is 42.7 Å². The first-order valence-corrected chi connectivity index (χ1v) is 13.8. The van der Waals surface area contributed by atoms with Crippen molar-refractivity contribution in [3.63, 3.8) is 0 Å². The maximum atomic E-state index is 13.0. The zero-order valence-corrected chi connectivity index (χ0v) is 22.3. The summed E-state index contributed by atoms with van der Waals surface area (Å²) in [4.78, 5) is 13.0. The normalized spacial score (nSPS) is 35.9. The van der Waals surface area contributed by atoms with Gasteiger partial charge in [-0.05, 0) is 71.3 Å². The molecule has 194 valence electrons. The first-order valence-electron chi connectivity index (χ1n) is 13.8. The Morgan fingerprint density at radius 3 is 2.57 bits per heavy atom. The van der Waals surface area contributed by atoms with Crippen LogP contribution in [0.15, 0.2) is 59.8 Å². The second-order valence-corrected chi connectivity index (χ2v) is 10.4. The maximum absolute atomic E-state index is 13.0. The summed E-state index contributed by atoms with van der Waals surface area (Å²) in [5.74, 6) is -0.0941. The van der Waals surface area contributed by atoms with E-state index in [2.05, 4.69) is 52.0 Å². The van der Waals surface area contributed by atoms with Crippen molar-refractivity contribution in [1.29, 1.82) is 0 Å². The van der Waals surface area contributed by atoms with Crippen molar-refractivity contribution in [2.45, 2.75) is 122 Å². The standard InChI is InChI=1S/C31H46O4/c1-5-23(3)13-8-7-9-18-30-24(4)14-10-11-15-26-16-12-17-27(33-26)21-28-19-25(6-2)20-29(34-28)22-31(32)35-30/h6-10,13-14,18,24,26-30H,5,11-12,15-17,19-22H2,1-4H3/b8-7-,14-10+,18-9+,23-13+,25-6-. The van der Waals surface area contributed by atoms with Crippen LogP contribution in [-0.2, 0) is 19.0 Å². The molecular formula is C31H46O4. The summed E-state index contributed by atoms with van der Waals surface area (Å²) in [5.41, 5.74) is 2.71. The molecule has 0 aromatic rings. The van der Waals surface area contributed by atoms with Gasteiger partial charge in [-0.25, -0.2) is 0 Å². The Labute approximate surface area is 213 Å². The van der Waals surface area contributed by atoms with Gasteiger partial charge in [0.1, 0.15) is 6.10 Å². The Balaban J connectivity index is 1.75. The summed E-state index contributed by atoms with van der Waals surface area (Å²) in [6.07, 6.45) is 26.5. The zero-order chi connectivity index (χ0) is 25.0. The van der Waals surface area contributed by atoms with Crippen LogP contribution in [-0.4, -0.2) is 36.5 Å². The molecule has 0 aromatic heterocycles. The van der Waals surface area contributed by atoms with Crippen molar-refractivity contribution in [3.05, 3.63) is 59.8 Å². The summed E-state index contributed by atoms with van der Waals surface area (Å²) in [5, 5.41) is 0. The predicted octanol–water partition coefficient (Wildman–Crippen LogP) is 7.56. The van der Waals surface area contributed by atoms with Crippen molar-refractivity contribution in [1.82, 2.24) is 0 Å². The van der Waals surface area contributed by atoms with Crippen LogP contribution in [0.2, 0.25) is 0 Å². The lowest BCUT2D eigenvalue weighted by Gasteiger charge is -2.36. The molecular weight excluding hydrogens is 436 g/mol. The van der Waals surface area contributed by atoms with E-state index in [1.165, 1.54) is 17.6 Å². The highest BCUT2D eigenvalue weighted by Gasteiger charge is 2.32. The minimum atomic E-state index is -0.302. The fourth-order valence-electron chi connectivity index (χ4n) is 5.18. The number of ether oxygens (including phenoxy) is 3. The van der Waals surface area contributed by atoms with Crippen LogP contribution in [0.4, 0.5) is 0 Å². The van der Waals surface area contributed by atoms with Gasteiger partial charge in [-0.1, -0.05) is 67.5 Å². The molecule has 3 aliphatic heterocycles. The quantitative estimate of drug-likeness (QED) is 0.235. The number of hydrogen-bond acceptors (Lipinski definition) is 4. The number of rotatable bonds is 4. The Morgan fingerprint density at radius 1 is 1.00 bits per heavy atom. The Morgan fingerprint density at radius 2 is 1.77 bits per heavy atom. The summed E-state index contributed by atoms with van der Waals surface area (Å²) >= 11 is 0. The third kappa shape index (κ3) is 9.57. The second-order valence-electron chi connectivity index (χ2n) is 10.4. The zero-order valence-electron chi connectivity index (χ0n) is 22.3. The molecule has 3 rings (SSSR count). The average Bonchev–Trinajstić information content (AvgIpc) is 2.84. The van der Waals surface area contributed by atoms with Crippen LogP contribution in [0.3, 0.4) is 0 Å². The number of carbonyl (C=O) groups excluding carboxylic acids is 1. The fraction of sp³-hybridized carbons (Fsp3) is 0.645. The van der Waals surface area contributed by atoms with E-state index in [9.17, 15) is 4.79 Å². The van der Waals surface area contributed by atoms with E-state index in [4.69, 9.17) is 14.2 Å². The molecule has 0 aromatic carbocycles. The van der Waals surface area contributed by atoms with Crippen molar-refractivity contribution in [2.24, 2.45) is 5.92 Å². The summed E-state index contributed by atoms with van der Waals surface area (Å²) in [6.45, 7) is 8.48. The van der Waals surface area contributed by atoms with Gasteiger partial charge in [0.25, 0.3) is 0 Å². The van der Waals surface area contributed by atoms with Crippen LogP contribution < -0.4 is 0 Å². The van der Waals surface area contributed by atoms with Gasteiger partial charge in [0.2, 0.25) is 0 Å². The number of fused-ring (bicyclic) bond motifs is 4. The molecule has 6 atom stereocenters. The topological polar surface area (TPSA) is 44.8 Å². The van der Waals surface area contributed by atoms with Crippen molar-refractivity contribution < 1.29 is 19.0 Å². The third-order valence-corrected chi connectivity index (χ3v) is 7.47. The first-order chi connectivity index (χ1) is 17.0. The van der Waals surface area contributed by atoms with Gasteiger partial charge in [-0.3, -0.25) is 4.79 Å². The molecule has 35 heavy (non-hydrogen) atoms. The number of hydrogen-bond donors (Lipinski definition) is 0. The molecule has 0 spiro atoms. The highest BCUT2D eigenvalue weighted by Crippen LogP contribution is 2.33. The van der Waals surface area contributed by atoms with Gasteiger partial charge in [0, 0.05) is 12.3 Å². The molecule has 4 bridgehead atoms. The fourth-order valence-corrected chi connectivity index (χ4v) is 5.18. The lowest BCUT2D eigenvalue weighted by molar-refractivity contribution is -0.154. The number of carbonyl (C=O) groups is 1. The Hall–Kier alpha value is -1.91. The van der Waals surface area contributed by atoms with Crippen molar-refractivity contribution in [3.8, 4) is 0 Å². The van der Waals surface area contributed by atoms with E-state index in [1.54, 1.807) is 0 Å². The van der Waals surface area contributed by atoms with Crippen molar-refractivity contribution >= 4 is 5.97 Å². The molecule has 4 nitrogen and oxygen atoms in total. The summed E-state index contributed by atoms with van der Waals surface area (Å²) in [6, 6.07) is 0. The third-order valence-electron chi connectivity index (χ3n) is 7.47. The maximum Gasteiger partial charge on any atom is 0.309 e. The molecule has 0 amide bonds. The minimum Gasteiger partial charge on any atom is -0.457 e. The SMILES string of the molecule is C/C=C1\CC2CC(=O)OC(/C=C/C=C\C=C(/C)CC)C(C)/C=C/CCC3CCCC(CC(C1)O2)O3. The lowest BCUT2D eigenvalue weighted by Crippen LogP contribution is -2.37. The monoisotopic (exact) mass is 482 g/mol.